The number of nitrogens with one attached hydrogen (secondary N) is 2. The molecule has 1 aliphatic heterocycles. The van der Waals surface area contributed by atoms with Crippen LogP contribution in [0.2, 0.25) is 5.02 Å². The van der Waals surface area contributed by atoms with Crippen molar-refractivity contribution in [2.45, 2.75) is 26.3 Å². The Bertz CT molecular complexity index is 538. The zero-order chi connectivity index (χ0) is 17.4. The van der Waals surface area contributed by atoms with E-state index in [1.807, 2.05) is 19.2 Å². The van der Waals surface area contributed by atoms with Gasteiger partial charge in [0.05, 0.1) is 5.02 Å². The third-order valence-electron chi connectivity index (χ3n) is 4.41. The van der Waals surface area contributed by atoms with Gasteiger partial charge in [-0.1, -0.05) is 25.4 Å². The molecule has 1 aromatic heterocycles. The van der Waals surface area contributed by atoms with Crippen molar-refractivity contribution in [3.05, 3.63) is 23.4 Å². The monoisotopic (exact) mass is 480 g/mol. The third kappa shape index (κ3) is 6.79. The lowest BCUT2D eigenvalue weighted by molar-refractivity contribution is 0.308. The fraction of sp³-hybridized carbons (Fsp3) is 0.647. The lowest BCUT2D eigenvalue weighted by atomic mass is 10.3. The number of aliphatic imine (C=N–C) groups is 1. The van der Waals surface area contributed by atoms with Crippen LogP contribution < -0.4 is 15.5 Å². The van der Waals surface area contributed by atoms with Crippen molar-refractivity contribution in [1.29, 1.82) is 0 Å². The Balaban J connectivity index is 0.00000312. The number of aromatic nitrogens is 1. The quantitative estimate of drug-likeness (QED) is 0.357. The van der Waals surface area contributed by atoms with Gasteiger partial charge in [-0.3, -0.25) is 4.99 Å². The van der Waals surface area contributed by atoms with Gasteiger partial charge in [0.1, 0.15) is 5.82 Å². The highest BCUT2D eigenvalue weighted by Gasteiger charge is 2.25. The zero-order valence-corrected chi connectivity index (χ0v) is 18.4. The first-order valence-corrected chi connectivity index (χ1v) is 9.10. The van der Waals surface area contributed by atoms with Crippen LogP contribution in [0.25, 0.3) is 0 Å². The van der Waals surface area contributed by atoms with Crippen LogP contribution in [0.3, 0.4) is 0 Å². The van der Waals surface area contributed by atoms with Gasteiger partial charge in [-0.15, -0.1) is 24.0 Å². The SMILES string of the molecule is CCN(CC)CCNC(=NC)NC1CCN(c2ncccc2Cl)C1.I. The number of hydrogen-bond donors (Lipinski definition) is 2. The highest BCUT2D eigenvalue weighted by Crippen LogP contribution is 2.25. The lowest BCUT2D eigenvalue weighted by Gasteiger charge is -2.22. The van der Waals surface area contributed by atoms with Crippen LogP contribution in [0.15, 0.2) is 23.3 Å². The van der Waals surface area contributed by atoms with Crippen LogP contribution in [0, 0.1) is 0 Å². The van der Waals surface area contributed by atoms with E-state index in [1.54, 1.807) is 6.20 Å². The van der Waals surface area contributed by atoms with E-state index < -0.39 is 0 Å². The van der Waals surface area contributed by atoms with Gasteiger partial charge in [-0.2, -0.15) is 0 Å². The van der Waals surface area contributed by atoms with E-state index in [4.69, 9.17) is 11.6 Å². The molecule has 0 aromatic carbocycles. The number of guanidine groups is 1. The molecule has 1 saturated heterocycles. The maximum absolute atomic E-state index is 6.25. The number of hydrogen-bond acceptors (Lipinski definition) is 4. The molecule has 1 aliphatic rings. The van der Waals surface area contributed by atoms with Crippen LogP contribution in [0.4, 0.5) is 5.82 Å². The van der Waals surface area contributed by atoms with Crippen LogP contribution in [-0.4, -0.2) is 68.2 Å². The second kappa shape index (κ2) is 11.7. The Morgan fingerprint density at radius 2 is 2.20 bits per heavy atom. The van der Waals surface area contributed by atoms with Gasteiger partial charge in [0.15, 0.2) is 5.96 Å². The maximum atomic E-state index is 6.25. The van der Waals surface area contributed by atoms with E-state index in [-0.39, 0.29) is 24.0 Å². The van der Waals surface area contributed by atoms with E-state index >= 15 is 0 Å². The van der Waals surface area contributed by atoms with Crippen LogP contribution in [0.5, 0.6) is 0 Å². The molecule has 1 fully saturated rings. The van der Waals surface area contributed by atoms with Gasteiger partial charge in [-0.25, -0.2) is 4.98 Å². The zero-order valence-electron chi connectivity index (χ0n) is 15.3. The predicted octanol–water partition coefficient (Wildman–Crippen LogP) is 2.44. The van der Waals surface area contributed by atoms with E-state index in [0.717, 1.165) is 57.5 Å². The van der Waals surface area contributed by atoms with Gasteiger partial charge in [0, 0.05) is 45.5 Å². The average molecular weight is 481 g/mol. The fourth-order valence-electron chi connectivity index (χ4n) is 2.94. The highest BCUT2D eigenvalue weighted by molar-refractivity contribution is 14.0. The van der Waals surface area contributed by atoms with Crippen molar-refractivity contribution < 1.29 is 0 Å². The predicted molar refractivity (Wildman–Crippen MR) is 118 cm³/mol. The first-order valence-electron chi connectivity index (χ1n) is 8.72. The summed E-state index contributed by atoms with van der Waals surface area (Å²) in [6.07, 6.45) is 2.83. The molecule has 1 unspecified atom stereocenters. The van der Waals surface area contributed by atoms with E-state index in [0.29, 0.717) is 11.1 Å². The van der Waals surface area contributed by atoms with Crippen molar-refractivity contribution in [2.75, 3.05) is 51.2 Å². The third-order valence-corrected chi connectivity index (χ3v) is 4.70. The first kappa shape index (κ1) is 22.2. The Kier molecular flexibility index (Phi) is 10.4. The van der Waals surface area contributed by atoms with E-state index in [9.17, 15) is 0 Å². The summed E-state index contributed by atoms with van der Waals surface area (Å²) in [6, 6.07) is 4.10. The van der Waals surface area contributed by atoms with Crippen molar-refractivity contribution in [1.82, 2.24) is 20.5 Å². The highest BCUT2D eigenvalue weighted by atomic mass is 127. The molecule has 1 atom stereocenters. The van der Waals surface area contributed by atoms with Crippen molar-refractivity contribution in [3.8, 4) is 0 Å². The summed E-state index contributed by atoms with van der Waals surface area (Å²) in [5, 5.41) is 7.61. The molecule has 0 aliphatic carbocycles. The summed E-state index contributed by atoms with van der Waals surface area (Å²) in [5.74, 6) is 1.73. The number of nitrogens with zero attached hydrogens (tertiary/aromatic N) is 4. The standard InChI is InChI=1S/C17H29ClN6.HI/c1-4-23(5-2)12-10-21-17(19-3)22-14-8-11-24(13-14)16-15(18)7-6-9-20-16;/h6-7,9,14H,4-5,8,10-13H2,1-3H3,(H2,19,21,22);1H. The van der Waals surface area contributed by atoms with Crippen molar-refractivity contribution in [3.63, 3.8) is 0 Å². The minimum Gasteiger partial charge on any atom is -0.355 e. The molecule has 2 rings (SSSR count). The normalized spacial score (nSPS) is 17.6. The van der Waals surface area contributed by atoms with E-state index in [1.165, 1.54) is 0 Å². The van der Waals surface area contributed by atoms with Crippen LogP contribution >= 0.6 is 35.6 Å². The summed E-state index contributed by atoms with van der Waals surface area (Å²) in [4.78, 5) is 13.3. The topological polar surface area (TPSA) is 55.8 Å². The molecular weight excluding hydrogens is 451 g/mol. The number of rotatable bonds is 7. The number of anilines is 1. The second-order valence-electron chi connectivity index (χ2n) is 5.91. The number of pyridine rings is 1. The smallest absolute Gasteiger partial charge is 0.191 e. The van der Waals surface area contributed by atoms with Gasteiger partial charge < -0.3 is 20.4 Å². The van der Waals surface area contributed by atoms with Gasteiger partial charge in [0.25, 0.3) is 0 Å². The van der Waals surface area contributed by atoms with Gasteiger partial charge >= 0.3 is 0 Å². The van der Waals surface area contributed by atoms with Crippen molar-refractivity contribution >= 4 is 47.4 Å². The maximum Gasteiger partial charge on any atom is 0.191 e. The fourth-order valence-corrected chi connectivity index (χ4v) is 3.18. The average Bonchev–Trinajstić information content (AvgIpc) is 3.06. The van der Waals surface area contributed by atoms with Gasteiger partial charge in [0.2, 0.25) is 0 Å². The van der Waals surface area contributed by atoms with E-state index in [2.05, 4.69) is 44.3 Å². The number of halogens is 2. The number of likely N-dealkylation sites (N-methyl/N-ethyl adjacent to an activating group) is 1. The first-order chi connectivity index (χ1) is 11.7. The van der Waals surface area contributed by atoms with Crippen molar-refractivity contribution in [2.24, 2.45) is 4.99 Å². The Morgan fingerprint density at radius 1 is 1.44 bits per heavy atom. The molecule has 2 N–H and O–H groups in total. The summed E-state index contributed by atoms with van der Waals surface area (Å²) in [6.45, 7) is 10.3. The molecule has 0 bridgehead atoms. The summed E-state index contributed by atoms with van der Waals surface area (Å²) in [5.41, 5.74) is 0. The summed E-state index contributed by atoms with van der Waals surface area (Å²) < 4.78 is 0. The minimum atomic E-state index is 0. The molecule has 0 amide bonds. The molecular formula is C17H30ClIN6. The van der Waals surface area contributed by atoms with Crippen LogP contribution in [-0.2, 0) is 0 Å². The minimum absolute atomic E-state index is 0. The second-order valence-corrected chi connectivity index (χ2v) is 6.32. The summed E-state index contributed by atoms with van der Waals surface area (Å²) >= 11 is 6.25. The molecule has 1 aromatic rings. The molecule has 0 radical (unpaired) electrons. The molecule has 25 heavy (non-hydrogen) atoms. The van der Waals surface area contributed by atoms with Gasteiger partial charge in [-0.05, 0) is 31.6 Å². The Hall–Kier alpha value is -0.800. The summed E-state index contributed by atoms with van der Waals surface area (Å²) in [7, 11) is 1.81. The largest absolute Gasteiger partial charge is 0.355 e. The van der Waals surface area contributed by atoms with Crippen LogP contribution in [0.1, 0.15) is 20.3 Å². The Labute approximate surface area is 173 Å². The molecule has 6 nitrogen and oxygen atoms in total. The Morgan fingerprint density at radius 3 is 2.84 bits per heavy atom. The molecule has 0 saturated carbocycles. The molecule has 8 heteroatoms. The molecule has 2 heterocycles. The molecule has 0 spiro atoms. The lowest BCUT2D eigenvalue weighted by Crippen LogP contribution is -2.46. The molecule has 142 valence electrons.